The van der Waals surface area contributed by atoms with Crippen LogP contribution in [0.4, 0.5) is 4.39 Å². The summed E-state index contributed by atoms with van der Waals surface area (Å²) in [5.41, 5.74) is -0.100. The molecule has 1 fully saturated rings. The van der Waals surface area contributed by atoms with Gasteiger partial charge in [-0.3, -0.25) is 4.79 Å². The smallest absolute Gasteiger partial charge is 0.220 e. The molecule has 1 aliphatic heterocycles. The number of nitrogens with zero attached hydrogens (tertiary/aromatic N) is 1. The van der Waals surface area contributed by atoms with Crippen molar-refractivity contribution in [2.24, 2.45) is 0 Å². The lowest BCUT2D eigenvalue weighted by atomic mass is 10.2. The molecule has 2 rings (SSSR count). The fourth-order valence-corrected chi connectivity index (χ4v) is 1.73. The van der Waals surface area contributed by atoms with E-state index in [1.807, 2.05) is 0 Å². The molecule has 1 heterocycles. The van der Waals surface area contributed by atoms with Crippen molar-refractivity contribution in [1.29, 1.82) is 5.26 Å². The molecule has 4 nitrogen and oxygen atoms in total. The highest BCUT2D eigenvalue weighted by Gasteiger charge is 2.21. The average molecular weight is 234 g/mol. The summed E-state index contributed by atoms with van der Waals surface area (Å²) in [6, 6.07) is 5.94. The first-order valence-electron chi connectivity index (χ1n) is 5.31. The molecule has 1 atom stereocenters. The first-order chi connectivity index (χ1) is 8.20. The number of nitrogens with one attached hydrogen (secondary N) is 1. The first-order valence-corrected chi connectivity index (χ1v) is 5.31. The van der Waals surface area contributed by atoms with Gasteiger partial charge in [0.2, 0.25) is 5.91 Å². The molecule has 0 aliphatic carbocycles. The zero-order valence-electron chi connectivity index (χ0n) is 9.07. The molecule has 1 aliphatic rings. The van der Waals surface area contributed by atoms with Gasteiger partial charge >= 0.3 is 0 Å². The van der Waals surface area contributed by atoms with Gasteiger partial charge in [-0.05, 0) is 18.6 Å². The van der Waals surface area contributed by atoms with E-state index in [9.17, 15) is 9.18 Å². The predicted octanol–water partition coefficient (Wildman–Crippen LogP) is 1.35. The lowest BCUT2D eigenvalue weighted by Crippen LogP contribution is -2.31. The summed E-state index contributed by atoms with van der Waals surface area (Å²) in [6.07, 6.45) is 1.19. The van der Waals surface area contributed by atoms with Crippen molar-refractivity contribution in [2.45, 2.75) is 18.9 Å². The van der Waals surface area contributed by atoms with Crippen molar-refractivity contribution in [3.05, 3.63) is 29.6 Å². The Morgan fingerprint density at radius 1 is 1.59 bits per heavy atom. The van der Waals surface area contributed by atoms with Crippen molar-refractivity contribution in [1.82, 2.24) is 5.32 Å². The molecule has 17 heavy (non-hydrogen) atoms. The molecule has 88 valence electrons. The van der Waals surface area contributed by atoms with E-state index in [0.29, 0.717) is 12.8 Å². The van der Waals surface area contributed by atoms with E-state index in [2.05, 4.69) is 5.32 Å². The molecule has 0 aromatic heterocycles. The van der Waals surface area contributed by atoms with E-state index in [1.165, 1.54) is 12.1 Å². The molecule has 1 N–H and O–H groups in total. The van der Waals surface area contributed by atoms with Crippen molar-refractivity contribution in [3.63, 3.8) is 0 Å². The number of benzene rings is 1. The summed E-state index contributed by atoms with van der Waals surface area (Å²) in [7, 11) is 0. The SMILES string of the molecule is N#Cc1c(F)cccc1OCC1CCC(=O)N1. The molecule has 1 amide bonds. The largest absolute Gasteiger partial charge is 0.490 e. The van der Waals surface area contributed by atoms with Gasteiger partial charge in [0, 0.05) is 6.42 Å². The Labute approximate surface area is 98.0 Å². The summed E-state index contributed by atoms with van der Waals surface area (Å²) in [5.74, 6) is -0.382. The van der Waals surface area contributed by atoms with Gasteiger partial charge in [-0.1, -0.05) is 6.07 Å². The Bertz CT molecular complexity index is 482. The minimum absolute atomic E-state index is 0.00153. The van der Waals surface area contributed by atoms with Crippen LogP contribution in [-0.2, 0) is 4.79 Å². The van der Waals surface area contributed by atoms with Crippen molar-refractivity contribution in [3.8, 4) is 11.8 Å². The number of carbonyl (C=O) groups is 1. The minimum Gasteiger partial charge on any atom is -0.490 e. The molecule has 0 radical (unpaired) electrons. The molecule has 1 aromatic carbocycles. The van der Waals surface area contributed by atoms with E-state index in [1.54, 1.807) is 12.1 Å². The molecule has 0 saturated carbocycles. The Kier molecular flexibility index (Phi) is 3.24. The molecule has 0 spiro atoms. The quantitative estimate of drug-likeness (QED) is 0.858. The number of carbonyl (C=O) groups excluding carboxylic acids is 1. The zero-order valence-corrected chi connectivity index (χ0v) is 9.07. The number of rotatable bonds is 3. The van der Waals surface area contributed by atoms with Gasteiger partial charge in [0.05, 0.1) is 6.04 Å². The fourth-order valence-electron chi connectivity index (χ4n) is 1.73. The second kappa shape index (κ2) is 4.83. The maximum absolute atomic E-state index is 13.2. The summed E-state index contributed by atoms with van der Waals surface area (Å²) in [6.45, 7) is 0.254. The third-order valence-electron chi connectivity index (χ3n) is 2.61. The Balaban J connectivity index is 2.02. The zero-order chi connectivity index (χ0) is 12.3. The van der Waals surface area contributed by atoms with Crippen LogP contribution in [0, 0.1) is 17.1 Å². The summed E-state index contributed by atoms with van der Waals surface area (Å²) >= 11 is 0. The van der Waals surface area contributed by atoms with Crippen LogP contribution in [0.5, 0.6) is 5.75 Å². The van der Waals surface area contributed by atoms with E-state index in [-0.39, 0.29) is 29.9 Å². The molecular formula is C12H11FN2O2. The topological polar surface area (TPSA) is 62.1 Å². The molecule has 0 bridgehead atoms. The maximum Gasteiger partial charge on any atom is 0.220 e. The van der Waals surface area contributed by atoms with Crippen LogP contribution in [-0.4, -0.2) is 18.6 Å². The van der Waals surface area contributed by atoms with Gasteiger partial charge in [-0.2, -0.15) is 5.26 Å². The van der Waals surface area contributed by atoms with Gasteiger partial charge in [-0.15, -0.1) is 0 Å². The molecule has 1 saturated heterocycles. The van der Waals surface area contributed by atoms with Gasteiger partial charge in [0.15, 0.2) is 0 Å². The molecule has 1 unspecified atom stereocenters. The number of ether oxygens (including phenoxy) is 1. The second-order valence-corrected chi connectivity index (χ2v) is 3.84. The van der Waals surface area contributed by atoms with Crippen LogP contribution in [0.25, 0.3) is 0 Å². The summed E-state index contributed by atoms with van der Waals surface area (Å²) < 4.78 is 18.6. The standard InChI is InChI=1S/C12H11FN2O2/c13-10-2-1-3-11(9(10)6-14)17-7-8-4-5-12(16)15-8/h1-3,8H,4-5,7H2,(H,15,16). The van der Waals surface area contributed by atoms with Crippen LogP contribution in [0.3, 0.4) is 0 Å². The Hall–Kier alpha value is -2.09. The van der Waals surface area contributed by atoms with Crippen molar-refractivity contribution >= 4 is 5.91 Å². The normalized spacial score (nSPS) is 18.6. The monoisotopic (exact) mass is 234 g/mol. The van der Waals surface area contributed by atoms with Gasteiger partial charge in [0.25, 0.3) is 0 Å². The molecule has 1 aromatic rings. The Morgan fingerprint density at radius 2 is 2.41 bits per heavy atom. The first kappa shape index (κ1) is 11.4. The number of amides is 1. The van der Waals surface area contributed by atoms with E-state index in [4.69, 9.17) is 10.00 Å². The van der Waals surface area contributed by atoms with E-state index in [0.717, 1.165) is 0 Å². The number of hydrogen-bond acceptors (Lipinski definition) is 3. The predicted molar refractivity (Wildman–Crippen MR) is 57.8 cm³/mol. The van der Waals surface area contributed by atoms with Crippen LogP contribution >= 0.6 is 0 Å². The average Bonchev–Trinajstić information content (AvgIpc) is 2.72. The van der Waals surface area contributed by atoms with Gasteiger partial charge in [0.1, 0.15) is 29.8 Å². The maximum atomic E-state index is 13.2. The van der Waals surface area contributed by atoms with Crippen LogP contribution in [0.1, 0.15) is 18.4 Å². The third kappa shape index (κ3) is 2.53. The van der Waals surface area contributed by atoms with Crippen LogP contribution < -0.4 is 10.1 Å². The number of hydrogen-bond donors (Lipinski definition) is 1. The molecule has 5 heteroatoms. The summed E-state index contributed by atoms with van der Waals surface area (Å²) in [5, 5.41) is 11.5. The fraction of sp³-hybridized carbons (Fsp3) is 0.333. The lowest BCUT2D eigenvalue weighted by Gasteiger charge is -2.12. The van der Waals surface area contributed by atoms with E-state index >= 15 is 0 Å². The highest BCUT2D eigenvalue weighted by Crippen LogP contribution is 2.21. The summed E-state index contributed by atoms with van der Waals surface area (Å²) in [4.78, 5) is 11.0. The van der Waals surface area contributed by atoms with Crippen LogP contribution in [0.2, 0.25) is 0 Å². The lowest BCUT2D eigenvalue weighted by molar-refractivity contribution is -0.119. The van der Waals surface area contributed by atoms with Crippen LogP contribution in [0.15, 0.2) is 18.2 Å². The third-order valence-corrected chi connectivity index (χ3v) is 2.61. The van der Waals surface area contributed by atoms with Gasteiger partial charge in [-0.25, -0.2) is 4.39 Å². The van der Waals surface area contributed by atoms with Gasteiger partial charge < -0.3 is 10.1 Å². The number of halogens is 1. The van der Waals surface area contributed by atoms with Crippen molar-refractivity contribution < 1.29 is 13.9 Å². The number of nitriles is 1. The highest BCUT2D eigenvalue weighted by atomic mass is 19.1. The highest BCUT2D eigenvalue weighted by molar-refractivity contribution is 5.78. The van der Waals surface area contributed by atoms with Crippen molar-refractivity contribution in [2.75, 3.05) is 6.61 Å². The Morgan fingerprint density at radius 3 is 3.06 bits per heavy atom. The second-order valence-electron chi connectivity index (χ2n) is 3.84. The van der Waals surface area contributed by atoms with E-state index < -0.39 is 5.82 Å². The molecular weight excluding hydrogens is 223 g/mol. The minimum atomic E-state index is -0.597.